The molecule has 1 aliphatic rings. The van der Waals surface area contributed by atoms with Crippen LogP contribution in [0.4, 0.5) is 4.39 Å². The van der Waals surface area contributed by atoms with Crippen molar-refractivity contribution in [2.45, 2.75) is 0 Å². The van der Waals surface area contributed by atoms with Gasteiger partial charge in [-0.2, -0.15) is 0 Å². The molecule has 5 nitrogen and oxygen atoms in total. The zero-order valence-electron chi connectivity index (χ0n) is 12.4. The van der Waals surface area contributed by atoms with Crippen LogP contribution in [0.25, 0.3) is 0 Å². The number of carbonyl (C=O) groups excluding carboxylic acids is 3. The lowest BCUT2D eigenvalue weighted by Gasteiger charge is -2.14. The van der Waals surface area contributed by atoms with E-state index in [1.165, 1.54) is 30.3 Å². The molecule has 0 saturated carbocycles. The van der Waals surface area contributed by atoms with Crippen molar-refractivity contribution in [3.63, 3.8) is 0 Å². The first-order valence-electron chi connectivity index (χ1n) is 7.18. The van der Waals surface area contributed by atoms with Crippen molar-refractivity contribution < 1.29 is 18.8 Å². The molecule has 0 bridgehead atoms. The third kappa shape index (κ3) is 2.76. The highest BCUT2D eigenvalue weighted by molar-refractivity contribution is 6.37. The molecular weight excluding hydrogens is 335 g/mol. The SMILES string of the molecule is O=C(NCCN1C(=O)c2cccc(Cl)c2C1=O)c1ccccc1F. The number of fused-ring (bicyclic) bond motifs is 1. The lowest BCUT2D eigenvalue weighted by atomic mass is 10.1. The van der Waals surface area contributed by atoms with Crippen LogP contribution in [0.1, 0.15) is 31.1 Å². The Labute approximate surface area is 142 Å². The number of amides is 3. The van der Waals surface area contributed by atoms with Gasteiger partial charge in [0.25, 0.3) is 17.7 Å². The summed E-state index contributed by atoms with van der Waals surface area (Å²) in [6, 6.07) is 10.2. The molecule has 7 heteroatoms. The molecule has 0 atom stereocenters. The predicted molar refractivity (Wildman–Crippen MR) is 85.6 cm³/mol. The van der Waals surface area contributed by atoms with Crippen LogP contribution in [0.5, 0.6) is 0 Å². The van der Waals surface area contributed by atoms with Crippen molar-refractivity contribution >= 4 is 29.3 Å². The second-order valence-corrected chi connectivity index (χ2v) is 5.57. The first-order valence-corrected chi connectivity index (χ1v) is 7.56. The van der Waals surface area contributed by atoms with Crippen LogP contribution in [0.3, 0.4) is 0 Å². The highest BCUT2D eigenvalue weighted by Crippen LogP contribution is 2.28. The number of imide groups is 1. The Morgan fingerprint density at radius 3 is 2.54 bits per heavy atom. The van der Waals surface area contributed by atoms with E-state index in [2.05, 4.69) is 5.32 Å². The van der Waals surface area contributed by atoms with Gasteiger partial charge in [0.05, 0.1) is 21.7 Å². The molecule has 24 heavy (non-hydrogen) atoms. The summed E-state index contributed by atoms with van der Waals surface area (Å²) in [5.41, 5.74) is 0.320. The fourth-order valence-corrected chi connectivity index (χ4v) is 2.77. The number of nitrogens with zero attached hydrogens (tertiary/aromatic N) is 1. The lowest BCUT2D eigenvalue weighted by Crippen LogP contribution is -2.38. The summed E-state index contributed by atoms with van der Waals surface area (Å²) < 4.78 is 13.5. The van der Waals surface area contributed by atoms with Gasteiger partial charge in [0.1, 0.15) is 5.82 Å². The summed E-state index contributed by atoms with van der Waals surface area (Å²) in [5, 5.41) is 2.70. The summed E-state index contributed by atoms with van der Waals surface area (Å²) in [4.78, 5) is 37.4. The zero-order valence-corrected chi connectivity index (χ0v) is 13.1. The Balaban J connectivity index is 1.65. The van der Waals surface area contributed by atoms with E-state index in [0.717, 1.165) is 4.90 Å². The Morgan fingerprint density at radius 1 is 1.08 bits per heavy atom. The number of halogens is 2. The van der Waals surface area contributed by atoms with Crippen LogP contribution >= 0.6 is 11.6 Å². The molecule has 1 N–H and O–H groups in total. The smallest absolute Gasteiger partial charge is 0.263 e. The third-order valence-corrected chi connectivity index (χ3v) is 4.00. The minimum Gasteiger partial charge on any atom is -0.350 e. The van der Waals surface area contributed by atoms with Crippen molar-refractivity contribution in [3.05, 3.63) is 70.0 Å². The minimum atomic E-state index is -0.637. The van der Waals surface area contributed by atoms with Crippen LogP contribution < -0.4 is 5.32 Å². The second kappa shape index (κ2) is 6.41. The van der Waals surface area contributed by atoms with E-state index in [-0.39, 0.29) is 34.8 Å². The van der Waals surface area contributed by atoms with Gasteiger partial charge in [-0.15, -0.1) is 0 Å². The molecule has 2 aromatic rings. The Morgan fingerprint density at radius 2 is 1.83 bits per heavy atom. The van der Waals surface area contributed by atoms with E-state index in [1.807, 2.05) is 0 Å². The molecular formula is C17H12ClFN2O3. The zero-order chi connectivity index (χ0) is 17.3. The molecule has 3 rings (SSSR count). The highest BCUT2D eigenvalue weighted by Gasteiger charge is 2.36. The largest absolute Gasteiger partial charge is 0.350 e. The Hall–Kier alpha value is -2.73. The summed E-state index contributed by atoms with van der Waals surface area (Å²) in [5.74, 6) is -2.20. The van der Waals surface area contributed by atoms with Gasteiger partial charge in [-0.25, -0.2) is 4.39 Å². The topological polar surface area (TPSA) is 66.5 Å². The number of nitrogens with one attached hydrogen (secondary N) is 1. The van der Waals surface area contributed by atoms with Crippen LogP contribution in [0, 0.1) is 5.82 Å². The van der Waals surface area contributed by atoms with Crippen LogP contribution in [-0.2, 0) is 0 Å². The van der Waals surface area contributed by atoms with Crippen LogP contribution in [0.2, 0.25) is 5.02 Å². The van der Waals surface area contributed by atoms with Gasteiger partial charge in [0, 0.05) is 13.1 Å². The monoisotopic (exact) mass is 346 g/mol. The van der Waals surface area contributed by atoms with Gasteiger partial charge in [0.2, 0.25) is 0 Å². The van der Waals surface area contributed by atoms with Crippen molar-refractivity contribution in [1.82, 2.24) is 10.2 Å². The van der Waals surface area contributed by atoms with Crippen LogP contribution in [-0.4, -0.2) is 35.7 Å². The van der Waals surface area contributed by atoms with Crippen molar-refractivity contribution in [3.8, 4) is 0 Å². The fourth-order valence-electron chi connectivity index (χ4n) is 2.52. The third-order valence-electron chi connectivity index (χ3n) is 3.69. The summed E-state index contributed by atoms with van der Waals surface area (Å²) in [6.45, 7) is -0.0148. The molecule has 3 amide bonds. The number of rotatable bonds is 4. The predicted octanol–water partition coefficient (Wildman–Crippen LogP) is 2.51. The van der Waals surface area contributed by atoms with Gasteiger partial charge in [-0.05, 0) is 24.3 Å². The first kappa shape index (κ1) is 16.1. The van der Waals surface area contributed by atoms with E-state index < -0.39 is 23.5 Å². The average molecular weight is 347 g/mol. The molecule has 1 heterocycles. The Bertz CT molecular complexity index is 853. The van der Waals surface area contributed by atoms with Gasteiger partial charge >= 0.3 is 0 Å². The summed E-state index contributed by atoms with van der Waals surface area (Å²) in [7, 11) is 0. The maximum absolute atomic E-state index is 13.5. The van der Waals surface area contributed by atoms with Crippen molar-refractivity contribution in [1.29, 1.82) is 0 Å². The quantitative estimate of drug-likeness (QED) is 0.865. The molecule has 0 radical (unpaired) electrons. The highest BCUT2D eigenvalue weighted by atomic mass is 35.5. The van der Waals surface area contributed by atoms with Crippen molar-refractivity contribution in [2.75, 3.05) is 13.1 Å². The molecule has 1 aliphatic heterocycles. The van der Waals surface area contributed by atoms with Gasteiger partial charge in [0.15, 0.2) is 0 Å². The fraction of sp³-hybridized carbons (Fsp3) is 0.118. The summed E-state index contributed by atoms with van der Waals surface area (Å²) in [6.07, 6.45) is 0. The van der Waals surface area contributed by atoms with Crippen molar-refractivity contribution in [2.24, 2.45) is 0 Å². The average Bonchev–Trinajstić information content (AvgIpc) is 2.81. The minimum absolute atomic E-state index is 0.0102. The normalized spacial score (nSPS) is 13.2. The molecule has 122 valence electrons. The molecule has 0 fully saturated rings. The molecule has 0 spiro atoms. The van der Waals surface area contributed by atoms with E-state index in [0.29, 0.717) is 0 Å². The first-order chi connectivity index (χ1) is 11.5. The number of benzene rings is 2. The molecule has 0 aromatic heterocycles. The van der Waals surface area contributed by atoms with E-state index in [4.69, 9.17) is 11.6 Å². The van der Waals surface area contributed by atoms with E-state index in [1.54, 1.807) is 12.1 Å². The Kier molecular flexibility index (Phi) is 4.31. The molecule has 0 aliphatic carbocycles. The standard InChI is InChI=1S/C17H12ClFN2O3/c18-12-6-3-5-11-14(12)17(24)21(16(11)23)9-8-20-15(22)10-4-1-2-7-13(10)19/h1-7H,8-9H2,(H,20,22). The van der Waals surface area contributed by atoms with Gasteiger partial charge < -0.3 is 5.32 Å². The lowest BCUT2D eigenvalue weighted by molar-refractivity contribution is 0.0649. The van der Waals surface area contributed by atoms with Gasteiger partial charge in [-0.1, -0.05) is 29.8 Å². The van der Waals surface area contributed by atoms with Gasteiger partial charge in [-0.3, -0.25) is 19.3 Å². The van der Waals surface area contributed by atoms with E-state index >= 15 is 0 Å². The number of carbonyl (C=O) groups is 3. The molecule has 0 unspecified atom stereocenters. The molecule has 0 saturated heterocycles. The summed E-state index contributed by atoms with van der Waals surface area (Å²) >= 11 is 5.97. The number of hydrogen-bond acceptors (Lipinski definition) is 3. The maximum atomic E-state index is 13.5. The van der Waals surface area contributed by atoms with E-state index in [9.17, 15) is 18.8 Å². The second-order valence-electron chi connectivity index (χ2n) is 5.16. The number of hydrogen-bond donors (Lipinski definition) is 1. The van der Waals surface area contributed by atoms with Crippen LogP contribution in [0.15, 0.2) is 42.5 Å². The molecule has 2 aromatic carbocycles. The maximum Gasteiger partial charge on any atom is 0.263 e.